The van der Waals surface area contributed by atoms with Crippen molar-refractivity contribution in [2.24, 2.45) is 5.73 Å². The Labute approximate surface area is 242 Å². The Bertz CT molecular complexity index is 1250. The number of nitrogens with one attached hydrogen (secondary N) is 1. The zero-order valence-electron chi connectivity index (χ0n) is 23.9. The summed E-state index contributed by atoms with van der Waals surface area (Å²) < 4.78 is 0. The summed E-state index contributed by atoms with van der Waals surface area (Å²) in [5, 5.41) is 20.7. The van der Waals surface area contributed by atoms with E-state index < -0.39 is 24.0 Å². The highest BCUT2D eigenvalue weighted by Crippen LogP contribution is 2.25. The summed E-state index contributed by atoms with van der Waals surface area (Å²) >= 11 is 5.23. The molecule has 0 saturated heterocycles. The van der Waals surface area contributed by atoms with Crippen LogP contribution in [0.15, 0.2) is 59.5 Å². The summed E-state index contributed by atoms with van der Waals surface area (Å²) in [7, 11) is 0. The maximum absolute atomic E-state index is 11.6. The van der Waals surface area contributed by atoms with Crippen LogP contribution < -0.4 is 11.1 Å². The number of thiol groups is 1. The lowest BCUT2D eigenvalue weighted by Gasteiger charge is -2.18. The van der Waals surface area contributed by atoms with Crippen LogP contribution in [0.3, 0.4) is 0 Å². The monoisotopic (exact) mass is 570 g/mol. The summed E-state index contributed by atoms with van der Waals surface area (Å²) in [4.78, 5) is 22.5. The van der Waals surface area contributed by atoms with E-state index in [1.54, 1.807) is 11.8 Å². The minimum atomic E-state index is -1.00. The van der Waals surface area contributed by atoms with E-state index in [4.69, 9.17) is 10.8 Å². The molecule has 6 nitrogen and oxygen atoms in total. The van der Waals surface area contributed by atoms with E-state index in [9.17, 15) is 14.7 Å². The van der Waals surface area contributed by atoms with E-state index >= 15 is 0 Å². The largest absolute Gasteiger partial charge is 0.480 e. The van der Waals surface area contributed by atoms with Crippen LogP contribution in [0, 0.1) is 48.5 Å². The highest BCUT2D eigenvalue weighted by Gasteiger charge is 2.18. The molecule has 8 heteroatoms. The van der Waals surface area contributed by atoms with Crippen LogP contribution in [0.25, 0.3) is 0 Å². The number of benzene rings is 3. The molecule has 3 aromatic rings. The van der Waals surface area contributed by atoms with Gasteiger partial charge in [-0.05, 0) is 82.9 Å². The lowest BCUT2D eigenvalue weighted by molar-refractivity contribution is -0.138. The normalized spacial score (nSPS) is 11.7. The molecule has 0 aromatic heterocycles. The molecule has 0 radical (unpaired) electrons. The second-order valence-corrected chi connectivity index (χ2v) is 11.1. The highest BCUT2D eigenvalue weighted by atomic mass is 32.2. The van der Waals surface area contributed by atoms with Crippen LogP contribution in [0.1, 0.15) is 38.9 Å². The molecule has 39 heavy (non-hydrogen) atoms. The van der Waals surface area contributed by atoms with Gasteiger partial charge in [-0.15, -0.1) is 11.8 Å². The van der Waals surface area contributed by atoms with Crippen LogP contribution in [0.4, 0.5) is 5.69 Å². The molecule has 0 heterocycles. The zero-order chi connectivity index (χ0) is 29.7. The van der Waals surface area contributed by atoms with E-state index in [2.05, 4.69) is 95.0 Å². The zero-order valence-corrected chi connectivity index (χ0v) is 25.6. The fourth-order valence-corrected chi connectivity index (χ4v) is 4.62. The van der Waals surface area contributed by atoms with Crippen molar-refractivity contribution in [1.82, 2.24) is 0 Å². The number of rotatable bonds is 8. The molecular formula is C31H42N2O4S2. The number of aliphatic carboxylic acids is 2. The number of hydrogen-bond donors (Lipinski definition) is 5. The first-order valence-corrected chi connectivity index (χ1v) is 14.3. The second kappa shape index (κ2) is 16.9. The van der Waals surface area contributed by atoms with Crippen LogP contribution in [0.2, 0.25) is 0 Å². The fraction of sp³-hybridized carbons (Fsp3) is 0.355. The fourth-order valence-electron chi connectivity index (χ4n) is 3.44. The van der Waals surface area contributed by atoms with Crippen molar-refractivity contribution in [3.05, 3.63) is 93.5 Å². The van der Waals surface area contributed by atoms with E-state index in [0.717, 1.165) is 16.1 Å². The number of aryl methyl sites for hydroxylation is 7. The number of anilines is 1. The number of hydrogen-bond acceptors (Lipinski definition) is 6. The van der Waals surface area contributed by atoms with Crippen LogP contribution in [-0.4, -0.2) is 45.7 Å². The van der Waals surface area contributed by atoms with E-state index in [1.165, 1.54) is 33.4 Å². The van der Waals surface area contributed by atoms with Crippen molar-refractivity contribution in [2.45, 2.75) is 65.4 Å². The quantitative estimate of drug-likeness (QED) is 0.155. The second-order valence-electron chi connectivity index (χ2n) is 9.65. The third kappa shape index (κ3) is 12.6. The van der Waals surface area contributed by atoms with Crippen molar-refractivity contribution >= 4 is 42.0 Å². The summed E-state index contributed by atoms with van der Waals surface area (Å²) in [6.45, 7) is 14.5. The minimum Gasteiger partial charge on any atom is -0.480 e. The Morgan fingerprint density at radius 3 is 1.69 bits per heavy atom. The molecule has 0 amide bonds. The SMILES string of the molecule is Cc1ccc(C)c(C)c1.Cc1ccc(NC(CSc2ccc(C)cc2C)C(=O)O)c(C)c1.NC(CS)C(=O)O. The first-order chi connectivity index (χ1) is 18.2. The molecule has 2 unspecified atom stereocenters. The van der Waals surface area contributed by atoms with Gasteiger partial charge in [0.15, 0.2) is 0 Å². The molecular weight excluding hydrogens is 528 g/mol. The van der Waals surface area contributed by atoms with Gasteiger partial charge in [0.05, 0.1) is 0 Å². The Morgan fingerprint density at radius 1 is 0.769 bits per heavy atom. The molecule has 2 atom stereocenters. The predicted molar refractivity (Wildman–Crippen MR) is 168 cm³/mol. The number of carboxylic acid groups (broad SMARTS) is 2. The molecule has 3 rings (SSSR count). The van der Waals surface area contributed by atoms with Crippen LogP contribution in [0.5, 0.6) is 0 Å². The maximum Gasteiger partial charge on any atom is 0.326 e. The number of thioether (sulfide) groups is 1. The van der Waals surface area contributed by atoms with Gasteiger partial charge in [-0.1, -0.05) is 59.2 Å². The molecule has 0 aliphatic carbocycles. The Hall–Kier alpha value is -2.94. The molecule has 0 aliphatic rings. The van der Waals surface area contributed by atoms with Crippen molar-refractivity contribution < 1.29 is 19.8 Å². The summed E-state index contributed by atoms with van der Waals surface area (Å²) in [6.07, 6.45) is 0. The maximum atomic E-state index is 11.6. The predicted octanol–water partition coefficient (Wildman–Crippen LogP) is 6.52. The van der Waals surface area contributed by atoms with Gasteiger partial charge in [0.25, 0.3) is 0 Å². The Balaban J connectivity index is 0.000000388. The van der Waals surface area contributed by atoms with Gasteiger partial charge in [0.1, 0.15) is 12.1 Å². The molecule has 0 saturated carbocycles. The van der Waals surface area contributed by atoms with Gasteiger partial charge >= 0.3 is 11.9 Å². The molecule has 0 spiro atoms. The molecule has 212 valence electrons. The first-order valence-electron chi connectivity index (χ1n) is 12.6. The van der Waals surface area contributed by atoms with Crippen LogP contribution >= 0.6 is 24.4 Å². The Kier molecular flexibility index (Phi) is 14.8. The standard InChI is InChI=1S/C19H23NO2S.C9H12.C3H7NO2S/c1-12-5-7-16(14(3)9-12)20-17(19(21)22)11-23-18-8-6-13(2)10-15(18)4;1-7-4-5-8(2)9(3)6-7;4-2(1-7)3(5)6/h5-10,17,20H,11H2,1-4H3,(H,21,22);4-6H,1-3H3;2,7H,1,4H2,(H,5,6). The van der Waals surface area contributed by atoms with Crippen LogP contribution in [-0.2, 0) is 9.59 Å². The van der Waals surface area contributed by atoms with Gasteiger partial charge in [-0.2, -0.15) is 12.6 Å². The smallest absolute Gasteiger partial charge is 0.326 e. The van der Waals surface area contributed by atoms with Crippen molar-refractivity contribution in [1.29, 1.82) is 0 Å². The van der Waals surface area contributed by atoms with E-state index in [1.807, 2.05) is 26.0 Å². The van der Waals surface area contributed by atoms with Crippen molar-refractivity contribution in [3.63, 3.8) is 0 Å². The van der Waals surface area contributed by atoms with E-state index in [-0.39, 0.29) is 5.75 Å². The number of nitrogens with two attached hydrogens (primary N) is 1. The molecule has 0 aliphatic heterocycles. The average molecular weight is 571 g/mol. The lowest BCUT2D eigenvalue weighted by Crippen LogP contribution is -2.32. The first kappa shape index (κ1) is 34.1. The minimum absolute atomic E-state index is 0.190. The van der Waals surface area contributed by atoms with Gasteiger partial charge < -0.3 is 21.3 Å². The average Bonchev–Trinajstić information content (AvgIpc) is 2.86. The third-order valence-corrected chi connectivity index (χ3v) is 7.58. The summed E-state index contributed by atoms with van der Waals surface area (Å²) in [6, 6.07) is 17.3. The van der Waals surface area contributed by atoms with Crippen molar-refractivity contribution in [2.75, 3.05) is 16.8 Å². The highest BCUT2D eigenvalue weighted by molar-refractivity contribution is 7.99. The summed E-state index contributed by atoms with van der Waals surface area (Å²) in [5.74, 6) is -1.17. The third-order valence-electron chi connectivity index (χ3n) is 5.92. The molecule has 0 fully saturated rings. The summed E-state index contributed by atoms with van der Waals surface area (Å²) in [5.41, 5.74) is 14.6. The van der Waals surface area contributed by atoms with Gasteiger partial charge in [0.2, 0.25) is 0 Å². The van der Waals surface area contributed by atoms with Gasteiger partial charge in [-0.25, -0.2) is 4.79 Å². The molecule has 5 N–H and O–H groups in total. The molecule has 0 bridgehead atoms. The van der Waals surface area contributed by atoms with Gasteiger partial charge in [0, 0.05) is 22.1 Å². The topological polar surface area (TPSA) is 113 Å². The molecule has 3 aromatic carbocycles. The lowest BCUT2D eigenvalue weighted by atomic mass is 10.1. The number of carboxylic acids is 2. The van der Waals surface area contributed by atoms with E-state index in [0.29, 0.717) is 5.75 Å². The van der Waals surface area contributed by atoms with Gasteiger partial charge in [-0.3, -0.25) is 4.79 Å². The number of carbonyl (C=O) groups is 2. The van der Waals surface area contributed by atoms with Crippen molar-refractivity contribution in [3.8, 4) is 0 Å². The Morgan fingerprint density at radius 2 is 1.28 bits per heavy atom.